The molecule has 1 amide bonds. The molecule has 0 N–H and O–H groups in total. The number of benzene rings is 2. The molecule has 1 unspecified atom stereocenters. The number of likely N-dealkylation sites (tertiary alicyclic amines) is 1. The number of hydrogen-bond donors (Lipinski definition) is 0. The Morgan fingerprint density at radius 1 is 1.06 bits per heavy atom. The molecule has 1 saturated carbocycles. The topological polar surface area (TPSA) is 57.7 Å². The number of carbonyl (C=O) groups excluding carboxylic acids is 1. The van der Waals surface area contributed by atoms with Gasteiger partial charge in [0.2, 0.25) is 15.9 Å². The number of piperidine rings is 1. The van der Waals surface area contributed by atoms with Crippen molar-refractivity contribution in [2.24, 2.45) is 5.92 Å². The van der Waals surface area contributed by atoms with Crippen LogP contribution >= 0.6 is 23.2 Å². The van der Waals surface area contributed by atoms with Crippen LogP contribution in [-0.4, -0.2) is 48.4 Å². The van der Waals surface area contributed by atoms with Crippen LogP contribution in [0.15, 0.2) is 48.5 Å². The summed E-state index contributed by atoms with van der Waals surface area (Å²) in [6.07, 6.45) is 2.77. The van der Waals surface area contributed by atoms with Crippen LogP contribution < -0.4 is 0 Å². The predicted molar refractivity (Wildman–Crippen MR) is 138 cm³/mol. The summed E-state index contributed by atoms with van der Waals surface area (Å²) in [7, 11) is -1.70. The lowest BCUT2D eigenvalue weighted by Crippen LogP contribution is -2.54. The molecule has 2 aromatic carbocycles. The molecule has 5 nitrogen and oxygen atoms in total. The van der Waals surface area contributed by atoms with E-state index in [9.17, 15) is 13.2 Å². The first-order valence-corrected chi connectivity index (χ1v) is 14.2. The van der Waals surface area contributed by atoms with Crippen molar-refractivity contribution in [1.82, 2.24) is 9.21 Å². The van der Waals surface area contributed by atoms with Gasteiger partial charge in [-0.15, -0.1) is 0 Å². The zero-order valence-electron chi connectivity index (χ0n) is 19.8. The van der Waals surface area contributed by atoms with E-state index in [1.165, 1.54) is 4.31 Å². The molecule has 0 bridgehead atoms. The highest BCUT2D eigenvalue weighted by atomic mass is 35.5. The quantitative estimate of drug-likeness (QED) is 0.434. The molecule has 184 valence electrons. The number of halogens is 2. The average molecular weight is 524 g/mol. The maximum atomic E-state index is 13.7. The van der Waals surface area contributed by atoms with Crippen LogP contribution in [0.5, 0.6) is 0 Å². The molecule has 0 spiro atoms. The van der Waals surface area contributed by atoms with Crippen molar-refractivity contribution >= 4 is 39.1 Å². The number of sulfonamides is 1. The lowest BCUT2D eigenvalue weighted by atomic mass is 9.75. The van der Waals surface area contributed by atoms with Crippen molar-refractivity contribution in [2.75, 3.05) is 13.6 Å². The molecule has 34 heavy (non-hydrogen) atoms. The third-order valence-electron chi connectivity index (χ3n) is 7.17. The Kier molecular flexibility index (Phi) is 7.63. The second-order valence-electron chi connectivity index (χ2n) is 9.63. The molecule has 2 aromatic rings. The van der Waals surface area contributed by atoms with Gasteiger partial charge in [-0.05, 0) is 61.1 Å². The minimum atomic E-state index is -3.34. The van der Waals surface area contributed by atoms with E-state index in [0.29, 0.717) is 35.7 Å². The van der Waals surface area contributed by atoms with E-state index in [4.69, 9.17) is 23.2 Å². The lowest BCUT2D eigenvalue weighted by Gasteiger charge is -2.48. The Balaban J connectivity index is 1.77. The summed E-state index contributed by atoms with van der Waals surface area (Å²) in [4.78, 5) is 15.6. The van der Waals surface area contributed by atoms with E-state index in [1.54, 1.807) is 7.05 Å². The van der Waals surface area contributed by atoms with Crippen LogP contribution in [0.4, 0.5) is 0 Å². The molecule has 0 aromatic heterocycles. The van der Waals surface area contributed by atoms with Crippen molar-refractivity contribution in [3.63, 3.8) is 0 Å². The maximum absolute atomic E-state index is 13.7. The van der Waals surface area contributed by atoms with Crippen LogP contribution in [0, 0.1) is 5.92 Å². The fraction of sp³-hybridized carbons (Fsp3) is 0.500. The Bertz CT molecular complexity index is 1130. The smallest absolute Gasteiger partial charge is 0.226 e. The molecular formula is C26H32Cl2N2O3S. The van der Waals surface area contributed by atoms with Crippen molar-refractivity contribution in [3.8, 4) is 0 Å². The molecule has 2 fully saturated rings. The van der Waals surface area contributed by atoms with Gasteiger partial charge in [-0.2, -0.15) is 0 Å². The Labute approximate surface area is 213 Å². The number of carbonyl (C=O) groups is 1. The summed E-state index contributed by atoms with van der Waals surface area (Å²) in [6, 6.07) is 15.0. The monoisotopic (exact) mass is 522 g/mol. The Morgan fingerprint density at radius 3 is 2.32 bits per heavy atom. The third-order valence-corrected chi connectivity index (χ3v) is 9.98. The van der Waals surface area contributed by atoms with Gasteiger partial charge in [0, 0.05) is 41.5 Å². The number of hydrogen-bond acceptors (Lipinski definition) is 3. The summed E-state index contributed by atoms with van der Waals surface area (Å²) < 4.78 is 27.2. The molecular weight excluding hydrogens is 491 g/mol. The first-order chi connectivity index (χ1) is 16.1. The van der Waals surface area contributed by atoms with Gasteiger partial charge in [-0.3, -0.25) is 4.79 Å². The fourth-order valence-electron chi connectivity index (χ4n) is 5.15. The summed E-state index contributed by atoms with van der Waals surface area (Å²) in [5, 5.41) is 1.01. The molecule has 4 rings (SSSR count). The molecule has 4 atom stereocenters. The molecule has 0 radical (unpaired) electrons. The number of amides is 1. The normalized spacial score (nSPS) is 24.5. The first kappa shape index (κ1) is 25.5. The maximum Gasteiger partial charge on any atom is 0.226 e. The highest BCUT2D eigenvalue weighted by molar-refractivity contribution is 7.90. The van der Waals surface area contributed by atoms with Crippen molar-refractivity contribution in [2.45, 2.75) is 62.8 Å². The zero-order chi connectivity index (χ0) is 24.6. The van der Waals surface area contributed by atoms with Crippen molar-refractivity contribution < 1.29 is 13.2 Å². The Hall–Kier alpha value is -1.60. The van der Waals surface area contributed by atoms with Crippen LogP contribution in [0.25, 0.3) is 0 Å². The highest BCUT2D eigenvalue weighted by Gasteiger charge is 2.45. The van der Waals surface area contributed by atoms with Crippen LogP contribution in [0.1, 0.15) is 62.6 Å². The second kappa shape index (κ2) is 10.2. The van der Waals surface area contributed by atoms with Crippen molar-refractivity contribution in [1.29, 1.82) is 0 Å². The minimum Gasteiger partial charge on any atom is -0.331 e. The van der Waals surface area contributed by atoms with E-state index in [-0.39, 0.29) is 41.6 Å². The van der Waals surface area contributed by atoms with Crippen LogP contribution in [0.2, 0.25) is 10.0 Å². The molecule has 2 aliphatic rings. The van der Waals surface area contributed by atoms with Gasteiger partial charge >= 0.3 is 0 Å². The SMILES string of the molecule is CC[C@@H](CN(C)S(=O)(=O)C1CC1)N1C(=O)C(C)C[C@H](c2cccc(Cl)c2)[C@H]1c1ccc(Cl)cc1. The summed E-state index contributed by atoms with van der Waals surface area (Å²) >= 11 is 12.5. The number of rotatable bonds is 8. The summed E-state index contributed by atoms with van der Waals surface area (Å²) in [5.41, 5.74) is 2.06. The standard InChI is InChI=1S/C26H32Cl2N2O3S/c1-4-22(16-29(3)34(32,33)23-12-13-23)30-25(18-8-10-20(27)11-9-18)24(14-17(2)26(30)31)19-6-5-7-21(28)15-19/h5-11,15,17,22-25H,4,12-14,16H2,1-3H3/t17?,22-,24+,25+/m0/s1. The molecule has 1 saturated heterocycles. The second-order valence-corrected chi connectivity index (χ2v) is 12.8. The average Bonchev–Trinajstić information content (AvgIpc) is 3.66. The van der Waals surface area contributed by atoms with E-state index in [0.717, 1.165) is 11.1 Å². The summed E-state index contributed by atoms with van der Waals surface area (Å²) in [5.74, 6) is -0.110. The van der Waals surface area contributed by atoms with Gasteiger partial charge in [0.15, 0.2) is 0 Å². The molecule has 1 aliphatic carbocycles. The minimum absolute atomic E-state index is 0.0203. The highest BCUT2D eigenvalue weighted by Crippen LogP contribution is 2.47. The van der Waals surface area contributed by atoms with Gasteiger partial charge < -0.3 is 4.90 Å². The molecule has 1 heterocycles. The number of likely N-dealkylation sites (N-methyl/N-ethyl adjacent to an activating group) is 1. The van der Waals surface area contributed by atoms with Gasteiger partial charge in [-0.1, -0.05) is 61.3 Å². The van der Waals surface area contributed by atoms with Gasteiger partial charge in [-0.25, -0.2) is 12.7 Å². The predicted octanol–water partition coefficient (Wildman–Crippen LogP) is 5.89. The van der Waals surface area contributed by atoms with Crippen molar-refractivity contribution in [3.05, 3.63) is 69.7 Å². The third kappa shape index (κ3) is 5.15. The largest absolute Gasteiger partial charge is 0.331 e. The van der Waals surface area contributed by atoms with Gasteiger partial charge in [0.1, 0.15) is 0 Å². The van der Waals surface area contributed by atoms with Crippen LogP contribution in [0.3, 0.4) is 0 Å². The van der Waals surface area contributed by atoms with E-state index in [2.05, 4.69) is 6.07 Å². The van der Waals surface area contributed by atoms with E-state index >= 15 is 0 Å². The van der Waals surface area contributed by atoms with E-state index < -0.39 is 10.0 Å². The zero-order valence-corrected chi connectivity index (χ0v) is 22.2. The number of nitrogens with zero attached hydrogens (tertiary/aromatic N) is 2. The Morgan fingerprint density at radius 2 is 1.74 bits per heavy atom. The molecule has 1 aliphatic heterocycles. The lowest BCUT2D eigenvalue weighted by molar-refractivity contribution is -0.146. The van der Waals surface area contributed by atoms with Gasteiger partial charge in [0.05, 0.1) is 11.3 Å². The molecule has 8 heteroatoms. The summed E-state index contributed by atoms with van der Waals surface area (Å²) in [6.45, 7) is 4.25. The van der Waals surface area contributed by atoms with Gasteiger partial charge in [0.25, 0.3) is 0 Å². The first-order valence-electron chi connectivity index (χ1n) is 11.9. The fourth-order valence-corrected chi connectivity index (χ4v) is 7.09. The van der Waals surface area contributed by atoms with E-state index in [1.807, 2.05) is 61.2 Å². The van der Waals surface area contributed by atoms with Crippen LogP contribution in [-0.2, 0) is 14.8 Å².